The van der Waals surface area contributed by atoms with Gasteiger partial charge in [0.15, 0.2) is 0 Å². The third-order valence-corrected chi connectivity index (χ3v) is 5.03. The maximum atomic E-state index is 12.4. The Kier molecular flexibility index (Phi) is 4.87. The SMILES string of the molecule is COC(=O)C(C)(C)NS(=O)(=O)c1ccc(-c2ccccc2)cc1. The monoisotopic (exact) mass is 333 g/mol. The number of rotatable bonds is 5. The molecule has 2 aromatic carbocycles. The van der Waals surface area contributed by atoms with Crippen molar-refractivity contribution < 1.29 is 17.9 Å². The van der Waals surface area contributed by atoms with Crippen LogP contribution in [0.4, 0.5) is 0 Å². The summed E-state index contributed by atoms with van der Waals surface area (Å²) in [5.74, 6) is -0.651. The topological polar surface area (TPSA) is 72.5 Å². The standard InChI is InChI=1S/C17H19NO4S/c1-17(2,16(19)22-3)18-23(20,21)15-11-9-14(10-12-15)13-7-5-4-6-8-13/h4-12,18H,1-3H3. The first-order chi connectivity index (χ1) is 10.8. The number of carbonyl (C=O) groups is 1. The molecule has 0 heterocycles. The van der Waals surface area contributed by atoms with Gasteiger partial charge in [0.25, 0.3) is 0 Å². The highest BCUT2D eigenvalue weighted by Crippen LogP contribution is 2.21. The normalized spacial score (nSPS) is 12.0. The molecule has 0 saturated heterocycles. The molecule has 0 aromatic heterocycles. The molecule has 0 amide bonds. The fraction of sp³-hybridized carbons (Fsp3) is 0.235. The van der Waals surface area contributed by atoms with Crippen molar-refractivity contribution in [3.05, 3.63) is 54.6 Å². The highest BCUT2D eigenvalue weighted by molar-refractivity contribution is 7.89. The molecule has 2 rings (SSSR count). The molecule has 1 N–H and O–H groups in total. The number of hydrogen-bond donors (Lipinski definition) is 1. The molecule has 0 atom stereocenters. The van der Waals surface area contributed by atoms with Gasteiger partial charge in [-0.2, -0.15) is 4.72 Å². The van der Waals surface area contributed by atoms with Crippen molar-refractivity contribution in [3.63, 3.8) is 0 Å². The fourth-order valence-electron chi connectivity index (χ4n) is 2.15. The van der Waals surface area contributed by atoms with Crippen LogP contribution in [0.1, 0.15) is 13.8 Å². The Hall–Kier alpha value is -2.18. The Morgan fingerprint density at radius 2 is 1.48 bits per heavy atom. The van der Waals surface area contributed by atoms with E-state index in [-0.39, 0.29) is 4.90 Å². The average molecular weight is 333 g/mol. The summed E-state index contributed by atoms with van der Waals surface area (Å²) in [6.07, 6.45) is 0. The van der Waals surface area contributed by atoms with E-state index in [1.54, 1.807) is 12.1 Å². The van der Waals surface area contributed by atoms with Crippen LogP contribution in [-0.2, 0) is 19.6 Å². The summed E-state index contributed by atoms with van der Waals surface area (Å²) in [6.45, 7) is 2.91. The van der Waals surface area contributed by atoms with Gasteiger partial charge in [-0.3, -0.25) is 4.79 Å². The van der Waals surface area contributed by atoms with E-state index in [1.807, 2.05) is 30.3 Å². The van der Waals surface area contributed by atoms with Gasteiger partial charge in [0.05, 0.1) is 12.0 Å². The molecule has 0 saturated carbocycles. The number of nitrogens with one attached hydrogen (secondary N) is 1. The van der Waals surface area contributed by atoms with Gasteiger partial charge in [0.1, 0.15) is 5.54 Å². The fourth-order valence-corrected chi connectivity index (χ4v) is 3.52. The third-order valence-electron chi connectivity index (χ3n) is 3.36. The Labute approximate surface area is 136 Å². The molecule has 2 aromatic rings. The van der Waals surface area contributed by atoms with Crippen LogP contribution in [0, 0.1) is 0 Å². The van der Waals surface area contributed by atoms with Gasteiger partial charge < -0.3 is 4.74 Å². The summed E-state index contributed by atoms with van der Waals surface area (Å²) in [5, 5.41) is 0. The van der Waals surface area contributed by atoms with Crippen molar-refractivity contribution in [2.24, 2.45) is 0 Å². The van der Waals surface area contributed by atoms with Gasteiger partial charge in [-0.05, 0) is 37.1 Å². The van der Waals surface area contributed by atoms with Crippen molar-refractivity contribution in [1.82, 2.24) is 4.72 Å². The number of hydrogen-bond acceptors (Lipinski definition) is 4. The van der Waals surface area contributed by atoms with Crippen molar-refractivity contribution in [2.75, 3.05) is 7.11 Å². The van der Waals surface area contributed by atoms with E-state index >= 15 is 0 Å². The molecule has 0 bridgehead atoms. The Bertz CT molecular complexity index is 781. The summed E-state index contributed by atoms with van der Waals surface area (Å²) in [4.78, 5) is 11.7. The molecule has 0 spiro atoms. The van der Waals surface area contributed by atoms with E-state index in [2.05, 4.69) is 9.46 Å². The highest BCUT2D eigenvalue weighted by Gasteiger charge is 2.34. The summed E-state index contributed by atoms with van der Waals surface area (Å²) in [7, 11) is -2.61. The maximum absolute atomic E-state index is 12.4. The molecule has 0 aliphatic rings. The average Bonchev–Trinajstić information content (AvgIpc) is 2.54. The summed E-state index contributed by atoms with van der Waals surface area (Å²) in [6, 6.07) is 16.1. The van der Waals surface area contributed by atoms with Crippen LogP contribution in [0.2, 0.25) is 0 Å². The van der Waals surface area contributed by atoms with Gasteiger partial charge in [-0.25, -0.2) is 8.42 Å². The van der Waals surface area contributed by atoms with Gasteiger partial charge in [-0.1, -0.05) is 42.5 Å². The number of sulfonamides is 1. The minimum atomic E-state index is -3.82. The van der Waals surface area contributed by atoms with Crippen molar-refractivity contribution in [2.45, 2.75) is 24.3 Å². The Morgan fingerprint density at radius 3 is 2.00 bits per heavy atom. The molecule has 6 heteroatoms. The van der Waals surface area contributed by atoms with Gasteiger partial charge in [0, 0.05) is 0 Å². The minimum absolute atomic E-state index is 0.0918. The zero-order valence-electron chi connectivity index (χ0n) is 13.2. The van der Waals surface area contributed by atoms with Crippen molar-refractivity contribution >= 4 is 16.0 Å². The first-order valence-electron chi connectivity index (χ1n) is 7.04. The zero-order valence-corrected chi connectivity index (χ0v) is 14.1. The van der Waals surface area contributed by atoms with Crippen LogP contribution in [0.5, 0.6) is 0 Å². The van der Waals surface area contributed by atoms with Crippen LogP contribution in [0.25, 0.3) is 11.1 Å². The number of benzene rings is 2. The Balaban J connectivity index is 2.26. The minimum Gasteiger partial charge on any atom is -0.468 e. The van der Waals surface area contributed by atoms with Crippen molar-refractivity contribution in [3.8, 4) is 11.1 Å². The third kappa shape index (κ3) is 3.97. The molecule has 0 aliphatic carbocycles. The molecule has 0 fully saturated rings. The van der Waals surface area contributed by atoms with Crippen LogP contribution in [-0.4, -0.2) is 27.0 Å². The molecule has 0 unspecified atom stereocenters. The lowest BCUT2D eigenvalue weighted by Crippen LogP contribution is -2.50. The predicted octanol–water partition coefficient (Wildman–Crippen LogP) is 2.58. The van der Waals surface area contributed by atoms with Crippen LogP contribution in [0.15, 0.2) is 59.5 Å². The van der Waals surface area contributed by atoms with Gasteiger partial charge in [-0.15, -0.1) is 0 Å². The second-order valence-corrected chi connectivity index (χ2v) is 7.29. The first kappa shape index (κ1) is 17.2. The number of methoxy groups -OCH3 is 1. The Morgan fingerprint density at radius 1 is 0.957 bits per heavy atom. The largest absolute Gasteiger partial charge is 0.468 e. The quantitative estimate of drug-likeness (QED) is 0.854. The molecule has 5 nitrogen and oxygen atoms in total. The molecular formula is C17H19NO4S. The number of esters is 1. The van der Waals surface area contributed by atoms with Crippen LogP contribution < -0.4 is 4.72 Å². The summed E-state index contributed by atoms with van der Waals surface area (Å²) < 4.78 is 31.8. The van der Waals surface area contributed by atoms with E-state index in [9.17, 15) is 13.2 Å². The second-order valence-electron chi connectivity index (χ2n) is 5.61. The van der Waals surface area contributed by atoms with Crippen LogP contribution in [0.3, 0.4) is 0 Å². The van der Waals surface area contributed by atoms with Crippen molar-refractivity contribution in [1.29, 1.82) is 0 Å². The lowest BCUT2D eigenvalue weighted by molar-refractivity contribution is -0.146. The molecule has 23 heavy (non-hydrogen) atoms. The van der Waals surface area contributed by atoms with Gasteiger partial charge in [0.2, 0.25) is 10.0 Å². The van der Waals surface area contributed by atoms with Crippen LogP contribution >= 0.6 is 0 Å². The summed E-state index contributed by atoms with van der Waals surface area (Å²) in [5.41, 5.74) is 0.571. The highest BCUT2D eigenvalue weighted by atomic mass is 32.2. The van der Waals surface area contributed by atoms with E-state index in [1.165, 1.54) is 33.1 Å². The number of carbonyl (C=O) groups excluding carboxylic acids is 1. The van der Waals surface area contributed by atoms with Gasteiger partial charge >= 0.3 is 5.97 Å². The lowest BCUT2D eigenvalue weighted by atomic mass is 10.1. The van der Waals surface area contributed by atoms with E-state index < -0.39 is 21.5 Å². The van der Waals surface area contributed by atoms with E-state index in [0.29, 0.717) is 0 Å². The molecule has 0 radical (unpaired) electrons. The van der Waals surface area contributed by atoms with E-state index in [4.69, 9.17) is 0 Å². The lowest BCUT2D eigenvalue weighted by Gasteiger charge is -2.22. The molecule has 122 valence electrons. The molecule has 0 aliphatic heterocycles. The smallest absolute Gasteiger partial charge is 0.326 e. The maximum Gasteiger partial charge on any atom is 0.326 e. The summed E-state index contributed by atoms with van der Waals surface area (Å²) >= 11 is 0. The van der Waals surface area contributed by atoms with E-state index in [0.717, 1.165) is 11.1 Å². The predicted molar refractivity (Wildman–Crippen MR) is 88.3 cm³/mol. The first-order valence-corrected chi connectivity index (χ1v) is 8.52. The second kappa shape index (κ2) is 6.52. The zero-order chi connectivity index (χ0) is 17.1. The number of ether oxygens (including phenoxy) is 1. The molecular weight excluding hydrogens is 314 g/mol.